The molecule has 0 aliphatic heterocycles. The second-order valence-electron chi connectivity index (χ2n) is 3.84. The molecule has 0 aliphatic carbocycles. The average molecular weight is 253 g/mol. The highest BCUT2D eigenvalue weighted by molar-refractivity contribution is 5.97. The van der Waals surface area contributed by atoms with Crippen LogP contribution >= 0.6 is 0 Å². The Labute approximate surface area is 105 Å². The molecule has 1 unspecified atom stereocenters. The SMILES string of the molecule is CCCNC(=O)C(C)NC(=O)c1ccncc1F. The molecule has 2 N–H and O–H groups in total. The zero-order valence-corrected chi connectivity index (χ0v) is 10.4. The van der Waals surface area contributed by atoms with Crippen molar-refractivity contribution in [2.45, 2.75) is 26.3 Å². The van der Waals surface area contributed by atoms with Crippen LogP contribution in [0.15, 0.2) is 18.5 Å². The Bertz CT molecular complexity index is 437. The molecule has 0 radical (unpaired) electrons. The number of carbonyl (C=O) groups is 2. The molecule has 1 atom stereocenters. The molecule has 0 aliphatic rings. The quantitative estimate of drug-likeness (QED) is 0.817. The van der Waals surface area contributed by atoms with Crippen LogP contribution in [0.25, 0.3) is 0 Å². The Kier molecular flexibility index (Phi) is 5.23. The van der Waals surface area contributed by atoms with Gasteiger partial charge in [0.15, 0.2) is 5.82 Å². The van der Waals surface area contributed by atoms with Crippen LogP contribution in [-0.4, -0.2) is 29.4 Å². The van der Waals surface area contributed by atoms with Crippen LogP contribution in [0.2, 0.25) is 0 Å². The summed E-state index contributed by atoms with van der Waals surface area (Å²) in [5.41, 5.74) is -0.125. The summed E-state index contributed by atoms with van der Waals surface area (Å²) in [6.07, 6.45) is 3.09. The number of aromatic nitrogens is 1. The number of nitrogens with zero attached hydrogens (tertiary/aromatic N) is 1. The maximum Gasteiger partial charge on any atom is 0.255 e. The molecule has 1 heterocycles. The van der Waals surface area contributed by atoms with Crippen LogP contribution in [0.3, 0.4) is 0 Å². The molecule has 0 saturated carbocycles. The molecule has 1 aromatic rings. The second kappa shape index (κ2) is 6.68. The summed E-state index contributed by atoms with van der Waals surface area (Å²) >= 11 is 0. The number of hydrogen-bond acceptors (Lipinski definition) is 3. The van der Waals surface area contributed by atoms with E-state index in [9.17, 15) is 14.0 Å². The highest BCUT2D eigenvalue weighted by atomic mass is 19.1. The molecular weight excluding hydrogens is 237 g/mol. The van der Waals surface area contributed by atoms with E-state index in [1.165, 1.54) is 12.3 Å². The van der Waals surface area contributed by atoms with E-state index in [1.54, 1.807) is 6.92 Å². The van der Waals surface area contributed by atoms with Gasteiger partial charge in [0.05, 0.1) is 11.8 Å². The van der Waals surface area contributed by atoms with E-state index in [2.05, 4.69) is 15.6 Å². The number of nitrogens with one attached hydrogen (secondary N) is 2. The van der Waals surface area contributed by atoms with E-state index >= 15 is 0 Å². The molecule has 18 heavy (non-hydrogen) atoms. The van der Waals surface area contributed by atoms with Crippen molar-refractivity contribution < 1.29 is 14.0 Å². The smallest absolute Gasteiger partial charge is 0.255 e. The predicted molar refractivity (Wildman–Crippen MR) is 64.4 cm³/mol. The van der Waals surface area contributed by atoms with E-state index in [1.807, 2.05) is 6.92 Å². The van der Waals surface area contributed by atoms with E-state index < -0.39 is 17.8 Å². The van der Waals surface area contributed by atoms with E-state index in [0.29, 0.717) is 6.54 Å². The van der Waals surface area contributed by atoms with Gasteiger partial charge < -0.3 is 10.6 Å². The van der Waals surface area contributed by atoms with Crippen molar-refractivity contribution in [3.05, 3.63) is 29.8 Å². The number of carbonyl (C=O) groups excluding carboxylic acids is 2. The first-order valence-electron chi connectivity index (χ1n) is 5.74. The molecule has 1 rings (SSSR count). The van der Waals surface area contributed by atoms with Crippen molar-refractivity contribution in [2.75, 3.05) is 6.54 Å². The topological polar surface area (TPSA) is 71.1 Å². The number of pyridine rings is 1. The fraction of sp³-hybridized carbons (Fsp3) is 0.417. The van der Waals surface area contributed by atoms with Gasteiger partial charge in [-0.3, -0.25) is 14.6 Å². The lowest BCUT2D eigenvalue weighted by Gasteiger charge is -2.13. The molecule has 5 nitrogen and oxygen atoms in total. The van der Waals surface area contributed by atoms with Gasteiger partial charge in [0, 0.05) is 12.7 Å². The molecule has 0 saturated heterocycles. The van der Waals surface area contributed by atoms with Crippen LogP contribution in [-0.2, 0) is 4.79 Å². The molecule has 1 aromatic heterocycles. The monoisotopic (exact) mass is 253 g/mol. The van der Waals surface area contributed by atoms with Gasteiger partial charge in [0.25, 0.3) is 5.91 Å². The minimum absolute atomic E-state index is 0.125. The van der Waals surface area contributed by atoms with Crippen molar-refractivity contribution in [1.29, 1.82) is 0 Å². The first-order chi connectivity index (χ1) is 8.56. The first kappa shape index (κ1) is 14.1. The minimum atomic E-state index is -0.712. The van der Waals surface area contributed by atoms with Crippen LogP contribution in [0, 0.1) is 5.82 Å². The largest absolute Gasteiger partial charge is 0.354 e. The summed E-state index contributed by atoms with van der Waals surface area (Å²) < 4.78 is 13.3. The van der Waals surface area contributed by atoms with E-state index in [-0.39, 0.29) is 11.5 Å². The first-order valence-corrected chi connectivity index (χ1v) is 5.74. The van der Waals surface area contributed by atoms with Gasteiger partial charge in [-0.25, -0.2) is 4.39 Å². The minimum Gasteiger partial charge on any atom is -0.354 e. The van der Waals surface area contributed by atoms with Crippen molar-refractivity contribution in [3.63, 3.8) is 0 Å². The second-order valence-corrected chi connectivity index (χ2v) is 3.84. The maximum atomic E-state index is 13.3. The fourth-order valence-electron chi connectivity index (χ4n) is 1.30. The van der Waals surface area contributed by atoms with Crippen LogP contribution in [0.5, 0.6) is 0 Å². The molecule has 0 fully saturated rings. The summed E-state index contributed by atoms with van der Waals surface area (Å²) in [4.78, 5) is 26.8. The Hall–Kier alpha value is -1.98. The van der Waals surface area contributed by atoms with Crippen molar-refractivity contribution in [3.8, 4) is 0 Å². The molecule has 0 spiro atoms. The summed E-state index contributed by atoms with van der Waals surface area (Å²) in [6, 6.07) is 0.554. The van der Waals surface area contributed by atoms with Crippen LogP contribution in [0.1, 0.15) is 30.6 Å². The number of amides is 2. The van der Waals surface area contributed by atoms with Gasteiger partial charge in [-0.05, 0) is 19.4 Å². The Balaban J connectivity index is 2.60. The predicted octanol–water partition coefficient (Wildman–Crippen LogP) is 0.865. The fourth-order valence-corrected chi connectivity index (χ4v) is 1.30. The third-order valence-corrected chi connectivity index (χ3v) is 2.31. The maximum absolute atomic E-state index is 13.3. The lowest BCUT2D eigenvalue weighted by atomic mass is 10.2. The zero-order valence-electron chi connectivity index (χ0n) is 10.4. The van der Waals surface area contributed by atoms with Gasteiger partial charge >= 0.3 is 0 Å². The number of hydrogen-bond donors (Lipinski definition) is 2. The van der Waals surface area contributed by atoms with Crippen LogP contribution in [0.4, 0.5) is 4.39 Å². The zero-order chi connectivity index (χ0) is 13.5. The summed E-state index contributed by atoms with van der Waals surface area (Å²) in [7, 11) is 0. The Morgan fingerprint density at radius 3 is 2.83 bits per heavy atom. The van der Waals surface area contributed by atoms with Gasteiger partial charge in [-0.15, -0.1) is 0 Å². The normalized spacial score (nSPS) is 11.7. The Morgan fingerprint density at radius 1 is 1.50 bits per heavy atom. The molecule has 0 aromatic carbocycles. The van der Waals surface area contributed by atoms with Gasteiger partial charge in [-0.1, -0.05) is 6.92 Å². The molecule has 6 heteroatoms. The average Bonchev–Trinajstić information content (AvgIpc) is 2.36. The third kappa shape index (κ3) is 3.80. The van der Waals surface area contributed by atoms with Crippen molar-refractivity contribution >= 4 is 11.8 Å². The summed E-state index contributed by atoms with van der Waals surface area (Å²) in [5.74, 6) is -1.63. The highest BCUT2D eigenvalue weighted by Gasteiger charge is 2.18. The van der Waals surface area contributed by atoms with Gasteiger partial charge in [0.1, 0.15) is 6.04 Å². The standard InChI is InChI=1S/C12H16FN3O2/c1-3-5-15-11(17)8(2)16-12(18)9-4-6-14-7-10(9)13/h4,6-8H,3,5H2,1-2H3,(H,15,17)(H,16,18). The van der Waals surface area contributed by atoms with Gasteiger partial charge in [-0.2, -0.15) is 0 Å². The number of halogens is 1. The molecule has 98 valence electrons. The van der Waals surface area contributed by atoms with Crippen LogP contribution < -0.4 is 10.6 Å². The van der Waals surface area contributed by atoms with Gasteiger partial charge in [0.2, 0.25) is 5.91 Å². The lowest BCUT2D eigenvalue weighted by molar-refractivity contribution is -0.122. The summed E-state index contributed by atoms with van der Waals surface area (Å²) in [6.45, 7) is 4.01. The Morgan fingerprint density at radius 2 is 2.22 bits per heavy atom. The lowest BCUT2D eigenvalue weighted by Crippen LogP contribution is -2.45. The molecule has 2 amide bonds. The van der Waals surface area contributed by atoms with E-state index in [0.717, 1.165) is 12.6 Å². The third-order valence-electron chi connectivity index (χ3n) is 2.31. The van der Waals surface area contributed by atoms with Crippen molar-refractivity contribution in [2.24, 2.45) is 0 Å². The number of rotatable bonds is 5. The molecule has 0 bridgehead atoms. The molecular formula is C12H16FN3O2. The van der Waals surface area contributed by atoms with E-state index in [4.69, 9.17) is 0 Å². The highest BCUT2D eigenvalue weighted by Crippen LogP contribution is 2.04. The summed E-state index contributed by atoms with van der Waals surface area (Å²) in [5, 5.41) is 5.07. The van der Waals surface area contributed by atoms with Crippen molar-refractivity contribution in [1.82, 2.24) is 15.6 Å².